The molecule has 4 heteroatoms. The van der Waals surface area contributed by atoms with Crippen molar-refractivity contribution < 1.29 is 0 Å². The van der Waals surface area contributed by atoms with Gasteiger partial charge in [0.15, 0.2) is 0 Å². The van der Waals surface area contributed by atoms with E-state index in [0.29, 0.717) is 4.32 Å². The molecule has 0 aromatic heterocycles. The first-order valence-electron chi connectivity index (χ1n) is 3.22. The number of aryl methyl sites for hydroxylation is 1. The molecule has 0 heterocycles. The SMILES string of the molecule is Cc1ccc(SC(N)=S)cc1.[NaH]. The Kier molecular flexibility index (Phi) is 6.23. The van der Waals surface area contributed by atoms with Crippen LogP contribution in [0.5, 0.6) is 0 Å². The van der Waals surface area contributed by atoms with Gasteiger partial charge in [0.25, 0.3) is 0 Å². The fraction of sp³-hybridized carbons (Fsp3) is 0.125. The molecule has 0 amide bonds. The second-order valence-electron chi connectivity index (χ2n) is 2.23. The molecule has 0 saturated heterocycles. The standard InChI is InChI=1S/C8H9NS2.Na.H/c1-6-2-4-7(5-3-6)11-8(9)10;;/h2-5H,1H3,(H2,9,10);;. The summed E-state index contributed by atoms with van der Waals surface area (Å²) < 4.78 is 0.467. The van der Waals surface area contributed by atoms with Crippen molar-refractivity contribution >= 4 is 57.9 Å². The van der Waals surface area contributed by atoms with Crippen LogP contribution in [-0.2, 0) is 0 Å². The summed E-state index contributed by atoms with van der Waals surface area (Å²) in [6.07, 6.45) is 0. The summed E-state index contributed by atoms with van der Waals surface area (Å²) in [5.74, 6) is 0. The first-order chi connectivity index (χ1) is 5.18. The van der Waals surface area contributed by atoms with Crippen LogP contribution in [0.2, 0.25) is 0 Å². The van der Waals surface area contributed by atoms with Gasteiger partial charge in [-0.05, 0) is 19.1 Å². The number of thiocarbonyl (C=S) groups is 1. The van der Waals surface area contributed by atoms with Gasteiger partial charge in [0.2, 0.25) is 0 Å². The van der Waals surface area contributed by atoms with E-state index >= 15 is 0 Å². The Hall–Kier alpha value is 0.460. The third kappa shape index (κ3) is 4.48. The van der Waals surface area contributed by atoms with Crippen molar-refractivity contribution in [1.82, 2.24) is 0 Å². The average molecular weight is 207 g/mol. The van der Waals surface area contributed by atoms with E-state index in [1.165, 1.54) is 17.3 Å². The van der Waals surface area contributed by atoms with Crippen molar-refractivity contribution in [3.63, 3.8) is 0 Å². The van der Waals surface area contributed by atoms with Crippen LogP contribution < -0.4 is 5.73 Å². The van der Waals surface area contributed by atoms with Crippen molar-refractivity contribution in [2.75, 3.05) is 0 Å². The van der Waals surface area contributed by atoms with Crippen LogP contribution in [-0.4, -0.2) is 33.9 Å². The normalized spacial score (nSPS) is 8.75. The molecule has 0 radical (unpaired) electrons. The van der Waals surface area contributed by atoms with E-state index in [2.05, 4.69) is 6.92 Å². The molecule has 12 heavy (non-hydrogen) atoms. The Morgan fingerprint density at radius 3 is 2.25 bits per heavy atom. The van der Waals surface area contributed by atoms with Gasteiger partial charge in [-0.15, -0.1) is 0 Å². The van der Waals surface area contributed by atoms with Gasteiger partial charge >= 0.3 is 29.6 Å². The van der Waals surface area contributed by atoms with E-state index in [-0.39, 0.29) is 29.6 Å². The van der Waals surface area contributed by atoms with E-state index in [1.807, 2.05) is 24.3 Å². The van der Waals surface area contributed by atoms with Crippen LogP contribution in [0.1, 0.15) is 5.56 Å². The summed E-state index contributed by atoms with van der Waals surface area (Å²) in [5.41, 5.74) is 6.60. The maximum atomic E-state index is 5.36. The Labute approximate surface area is 104 Å². The maximum absolute atomic E-state index is 5.36. The van der Waals surface area contributed by atoms with Crippen molar-refractivity contribution in [3.8, 4) is 0 Å². The predicted octanol–water partition coefficient (Wildman–Crippen LogP) is 1.68. The summed E-state index contributed by atoms with van der Waals surface area (Å²) in [5, 5.41) is 0. The molecule has 0 aliphatic rings. The quantitative estimate of drug-likeness (QED) is 0.431. The monoisotopic (exact) mass is 207 g/mol. The summed E-state index contributed by atoms with van der Waals surface area (Å²) in [6.45, 7) is 2.05. The molecule has 0 aliphatic carbocycles. The second-order valence-corrected chi connectivity index (χ2v) is 4.05. The number of benzene rings is 1. The summed E-state index contributed by atoms with van der Waals surface area (Å²) in [6, 6.07) is 8.11. The molecule has 0 unspecified atom stereocenters. The van der Waals surface area contributed by atoms with Gasteiger partial charge < -0.3 is 5.73 Å². The van der Waals surface area contributed by atoms with Crippen LogP contribution in [0.25, 0.3) is 0 Å². The molecule has 0 fully saturated rings. The van der Waals surface area contributed by atoms with E-state index in [1.54, 1.807) is 0 Å². The van der Waals surface area contributed by atoms with Gasteiger partial charge in [-0.2, -0.15) is 0 Å². The molecule has 0 spiro atoms. The molecule has 0 saturated carbocycles. The average Bonchev–Trinajstić information content (AvgIpc) is 1.93. The molecule has 0 aliphatic heterocycles. The van der Waals surface area contributed by atoms with Crippen molar-refractivity contribution in [1.29, 1.82) is 0 Å². The zero-order chi connectivity index (χ0) is 8.27. The Morgan fingerprint density at radius 1 is 1.33 bits per heavy atom. The fourth-order valence-electron chi connectivity index (χ4n) is 0.722. The third-order valence-electron chi connectivity index (χ3n) is 1.24. The minimum atomic E-state index is 0. The molecular weight excluding hydrogens is 197 g/mol. The number of rotatable bonds is 1. The van der Waals surface area contributed by atoms with Gasteiger partial charge in [-0.1, -0.05) is 41.7 Å². The summed E-state index contributed by atoms with van der Waals surface area (Å²) >= 11 is 6.17. The molecule has 2 N–H and O–H groups in total. The Balaban J connectivity index is 0.00000121. The zero-order valence-electron chi connectivity index (χ0n) is 6.20. The van der Waals surface area contributed by atoms with Gasteiger partial charge in [0.1, 0.15) is 4.32 Å². The minimum absolute atomic E-state index is 0. The second kappa shape index (κ2) is 6.00. The third-order valence-corrected chi connectivity index (χ3v) is 2.20. The van der Waals surface area contributed by atoms with Crippen molar-refractivity contribution in [2.45, 2.75) is 11.8 Å². The first kappa shape index (κ1) is 12.5. The van der Waals surface area contributed by atoms with E-state index < -0.39 is 0 Å². The molecule has 0 atom stereocenters. The number of nitrogens with two attached hydrogens (primary N) is 1. The van der Waals surface area contributed by atoms with Gasteiger partial charge in [-0.25, -0.2) is 0 Å². The predicted molar refractivity (Wildman–Crippen MR) is 61.0 cm³/mol. The molecule has 1 aromatic carbocycles. The molecule has 1 aromatic rings. The molecular formula is C8H10NNaS2. The molecule has 1 nitrogen and oxygen atoms in total. The Morgan fingerprint density at radius 2 is 1.83 bits per heavy atom. The zero-order valence-corrected chi connectivity index (χ0v) is 7.84. The van der Waals surface area contributed by atoms with Gasteiger partial charge in [-0.3, -0.25) is 0 Å². The molecule has 60 valence electrons. The van der Waals surface area contributed by atoms with E-state index in [9.17, 15) is 0 Å². The molecule has 1 rings (SSSR count). The van der Waals surface area contributed by atoms with Gasteiger partial charge in [0.05, 0.1) is 0 Å². The number of hydrogen-bond donors (Lipinski definition) is 1. The summed E-state index contributed by atoms with van der Waals surface area (Å²) in [4.78, 5) is 1.10. The van der Waals surface area contributed by atoms with Crippen LogP contribution in [0.3, 0.4) is 0 Å². The van der Waals surface area contributed by atoms with E-state index in [4.69, 9.17) is 18.0 Å². The Bertz CT molecular complexity index is 258. The topological polar surface area (TPSA) is 26.0 Å². The van der Waals surface area contributed by atoms with Gasteiger partial charge in [0, 0.05) is 4.90 Å². The first-order valence-corrected chi connectivity index (χ1v) is 4.45. The van der Waals surface area contributed by atoms with Crippen LogP contribution in [0.15, 0.2) is 29.2 Å². The van der Waals surface area contributed by atoms with Crippen molar-refractivity contribution in [3.05, 3.63) is 29.8 Å². The van der Waals surface area contributed by atoms with Crippen LogP contribution in [0.4, 0.5) is 0 Å². The number of thioether (sulfide) groups is 1. The number of hydrogen-bond acceptors (Lipinski definition) is 2. The van der Waals surface area contributed by atoms with Crippen LogP contribution >= 0.6 is 24.0 Å². The fourth-order valence-corrected chi connectivity index (χ4v) is 1.52. The molecule has 0 bridgehead atoms. The summed E-state index contributed by atoms with van der Waals surface area (Å²) in [7, 11) is 0. The van der Waals surface area contributed by atoms with Crippen LogP contribution in [0, 0.1) is 6.92 Å². The van der Waals surface area contributed by atoms with Crippen molar-refractivity contribution in [2.24, 2.45) is 5.73 Å². The van der Waals surface area contributed by atoms with E-state index in [0.717, 1.165) is 4.90 Å².